The molecule has 1 nitrogen and oxygen atoms in total. The van der Waals surface area contributed by atoms with Gasteiger partial charge in [0.1, 0.15) is 0 Å². The van der Waals surface area contributed by atoms with Gasteiger partial charge in [-0.2, -0.15) is 0 Å². The van der Waals surface area contributed by atoms with E-state index in [0.29, 0.717) is 0 Å². The lowest BCUT2D eigenvalue weighted by Crippen LogP contribution is -1.98. The van der Waals surface area contributed by atoms with Gasteiger partial charge >= 0.3 is 0 Å². The second-order valence-electron chi connectivity index (χ2n) is 3.42. The van der Waals surface area contributed by atoms with Crippen molar-refractivity contribution < 1.29 is 0 Å². The summed E-state index contributed by atoms with van der Waals surface area (Å²) in [5, 5.41) is 3.33. The monoisotopic (exact) mass is 177 g/mol. The molecule has 1 heteroatoms. The second-order valence-corrected chi connectivity index (χ2v) is 3.42. The van der Waals surface area contributed by atoms with Crippen molar-refractivity contribution in [2.75, 3.05) is 11.9 Å². The maximum atomic E-state index is 3.33. The van der Waals surface area contributed by atoms with E-state index in [2.05, 4.69) is 44.3 Å². The Bertz CT molecular complexity index is 266. The summed E-state index contributed by atoms with van der Waals surface area (Å²) in [6.45, 7) is 7.52. The number of benzene rings is 1. The minimum absolute atomic E-state index is 0.995. The van der Waals surface area contributed by atoms with E-state index in [1.54, 1.807) is 0 Å². The van der Waals surface area contributed by atoms with Gasteiger partial charge in [0, 0.05) is 12.2 Å². The van der Waals surface area contributed by atoms with Gasteiger partial charge < -0.3 is 5.32 Å². The summed E-state index contributed by atoms with van der Waals surface area (Å²) in [6, 6.07) is 6.61. The van der Waals surface area contributed by atoms with Crippen LogP contribution in [0.15, 0.2) is 18.2 Å². The fourth-order valence-electron chi connectivity index (χ4n) is 1.52. The standard InChI is InChI=1S/C12H19N/c1-4-6-11-9-12(13-5-2)8-7-10(11)3/h7-9,13H,4-6H2,1-3H3. The molecular weight excluding hydrogens is 158 g/mol. The summed E-state index contributed by atoms with van der Waals surface area (Å²) < 4.78 is 0. The lowest BCUT2D eigenvalue weighted by Gasteiger charge is -2.08. The van der Waals surface area contributed by atoms with Crippen LogP contribution in [-0.4, -0.2) is 6.54 Å². The van der Waals surface area contributed by atoms with Crippen LogP contribution in [0.4, 0.5) is 5.69 Å². The number of hydrogen-bond acceptors (Lipinski definition) is 1. The molecule has 0 bridgehead atoms. The molecule has 0 saturated carbocycles. The Hall–Kier alpha value is -0.980. The summed E-state index contributed by atoms with van der Waals surface area (Å²) >= 11 is 0. The molecule has 0 aliphatic rings. The lowest BCUT2D eigenvalue weighted by molar-refractivity contribution is 0.912. The van der Waals surface area contributed by atoms with Gasteiger partial charge in [-0.3, -0.25) is 0 Å². The molecule has 0 amide bonds. The predicted molar refractivity (Wildman–Crippen MR) is 59.3 cm³/mol. The van der Waals surface area contributed by atoms with Crippen LogP contribution in [-0.2, 0) is 6.42 Å². The SMILES string of the molecule is CCCc1cc(NCC)ccc1C. The van der Waals surface area contributed by atoms with Gasteiger partial charge in [0.15, 0.2) is 0 Å². The highest BCUT2D eigenvalue weighted by molar-refractivity contribution is 5.48. The van der Waals surface area contributed by atoms with Gasteiger partial charge in [-0.05, 0) is 43.5 Å². The number of anilines is 1. The van der Waals surface area contributed by atoms with Crippen LogP contribution in [0.5, 0.6) is 0 Å². The highest BCUT2D eigenvalue weighted by Gasteiger charge is 1.98. The van der Waals surface area contributed by atoms with Crippen LogP contribution in [0.3, 0.4) is 0 Å². The Labute approximate surface area is 81.2 Å². The molecule has 0 unspecified atom stereocenters. The molecule has 0 fully saturated rings. The van der Waals surface area contributed by atoms with Crippen LogP contribution in [0.25, 0.3) is 0 Å². The maximum Gasteiger partial charge on any atom is 0.0343 e. The van der Waals surface area contributed by atoms with E-state index in [4.69, 9.17) is 0 Å². The zero-order valence-electron chi connectivity index (χ0n) is 8.85. The van der Waals surface area contributed by atoms with Crippen LogP contribution < -0.4 is 5.32 Å². The molecule has 0 heterocycles. The van der Waals surface area contributed by atoms with Crippen LogP contribution in [0, 0.1) is 6.92 Å². The number of nitrogens with one attached hydrogen (secondary N) is 1. The molecule has 0 saturated heterocycles. The Morgan fingerprint density at radius 3 is 2.62 bits per heavy atom. The molecular formula is C12H19N. The quantitative estimate of drug-likeness (QED) is 0.743. The number of aryl methyl sites for hydroxylation is 2. The Morgan fingerprint density at radius 1 is 1.23 bits per heavy atom. The molecule has 13 heavy (non-hydrogen) atoms. The molecule has 0 aliphatic heterocycles. The summed E-state index contributed by atoms with van der Waals surface area (Å²) in [4.78, 5) is 0. The smallest absolute Gasteiger partial charge is 0.0343 e. The van der Waals surface area contributed by atoms with Crippen LogP contribution in [0.2, 0.25) is 0 Å². The molecule has 1 aromatic rings. The van der Waals surface area contributed by atoms with Crippen LogP contribution in [0.1, 0.15) is 31.4 Å². The fraction of sp³-hybridized carbons (Fsp3) is 0.500. The number of rotatable bonds is 4. The highest BCUT2D eigenvalue weighted by Crippen LogP contribution is 2.16. The van der Waals surface area contributed by atoms with E-state index >= 15 is 0 Å². The first-order valence-corrected chi connectivity index (χ1v) is 5.11. The first-order chi connectivity index (χ1) is 6.27. The van der Waals surface area contributed by atoms with Gasteiger partial charge in [-0.25, -0.2) is 0 Å². The van der Waals surface area contributed by atoms with Gasteiger partial charge in [0.05, 0.1) is 0 Å². The van der Waals surface area contributed by atoms with E-state index in [1.165, 1.54) is 29.7 Å². The van der Waals surface area contributed by atoms with Gasteiger partial charge in [0.25, 0.3) is 0 Å². The van der Waals surface area contributed by atoms with E-state index in [-0.39, 0.29) is 0 Å². The Morgan fingerprint density at radius 2 is 2.00 bits per heavy atom. The predicted octanol–water partition coefficient (Wildman–Crippen LogP) is 3.38. The normalized spacial score (nSPS) is 10.1. The number of hydrogen-bond donors (Lipinski definition) is 1. The summed E-state index contributed by atoms with van der Waals surface area (Å²) in [5.41, 5.74) is 4.13. The first-order valence-electron chi connectivity index (χ1n) is 5.11. The molecule has 72 valence electrons. The maximum absolute atomic E-state index is 3.33. The minimum Gasteiger partial charge on any atom is -0.385 e. The summed E-state index contributed by atoms with van der Waals surface area (Å²) in [5.74, 6) is 0. The molecule has 0 spiro atoms. The van der Waals surface area contributed by atoms with Crippen molar-refractivity contribution in [2.45, 2.75) is 33.6 Å². The third-order valence-electron chi connectivity index (χ3n) is 2.25. The zero-order valence-corrected chi connectivity index (χ0v) is 8.85. The summed E-state index contributed by atoms with van der Waals surface area (Å²) in [6.07, 6.45) is 2.40. The third-order valence-corrected chi connectivity index (χ3v) is 2.25. The van der Waals surface area contributed by atoms with E-state index in [0.717, 1.165) is 6.54 Å². The fourth-order valence-corrected chi connectivity index (χ4v) is 1.52. The van der Waals surface area contributed by atoms with Crippen molar-refractivity contribution in [1.29, 1.82) is 0 Å². The first kappa shape index (κ1) is 10.1. The Kier molecular flexibility index (Phi) is 3.81. The van der Waals surface area contributed by atoms with Gasteiger partial charge in [-0.1, -0.05) is 19.4 Å². The highest BCUT2D eigenvalue weighted by atomic mass is 14.8. The molecule has 0 radical (unpaired) electrons. The Balaban J connectivity index is 2.83. The average molecular weight is 177 g/mol. The topological polar surface area (TPSA) is 12.0 Å². The van der Waals surface area contributed by atoms with Crippen molar-refractivity contribution in [3.8, 4) is 0 Å². The van der Waals surface area contributed by atoms with Gasteiger partial charge in [-0.15, -0.1) is 0 Å². The van der Waals surface area contributed by atoms with Crippen molar-refractivity contribution in [2.24, 2.45) is 0 Å². The summed E-state index contributed by atoms with van der Waals surface area (Å²) in [7, 11) is 0. The van der Waals surface area contributed by atoms with Crippen molar-refractivity contribution in [1.82, 2.24) is 0 Å². The molecule has 0 atom stereocenters. The van der Waals surface area contributed by atoms with Crippen molar-refractivity contribution in [3.63, 3.8) is 0 Å². The lowest BCUT2D eigenvalue weighted by atomic mass is 10.0. The largest absolute Gasteiger partial charge is 0.385 e. The van der Waals surface area contributed by atoms with E-state index in [9.17, 15) is 0 Å². The van der Waals surface area contributed by atoms with E-state index < -0.39 is 0 Å². The van der Waals surface area contributed by atoms with Crippen molar-refractivity contribution >= 4 is 5.69 Å². The minimum atomic E-state index is 0.995. The molecule has 1 rings (SSSR count). The van der Waals surface area contributed by atoms with Crippen LogP contribution >= 0.6 is 0 Å². The molecule has 0 aliphatic carbocycles. The van der Waals surface area contributed by atoms with Gasteiger partial charge in [0.2, 0.25) is 0 Å². The molecule has 1 N–H and O–H groups in total. The van der Waals surface area contributed by atoms with Crippen molar-refractivity contribution in [3.05, 3.63) is 29.3 Å². The zero-order chi connectivity index (χ0) is 9.68. The third kappa shape index (κ3) is 2.76. The molecule has 0 aromatic heterocycles. The molecule has 1 aromatic carbocycles. The van der Waals surface area contributed by atoms with E-state index in [1.807, 2.05) is 0 Å². The average Bonchev–Trinajstić information content (AvgIpc) is 2.12. The second kappa shape index (κ2) is 4.90.